The van der Waals surface area contributed by atoms with Gasteiger partial charge in [0.25, 0.3) is 5.91 Å². The molecule has 1 saturated carbocycles. The number of amides is 3. The third kappa shape index (κ3) is 7.27. The van der Waals surface area contributed by atoms with Crippen LogP contribution < -0.4 is 11.1 Å². The Bertz CT molecular complexity index is 868. The zero-order chi connectivity index (χ0) is 25.4. The Labute approximate surface area is 209 Å². The molecule has 194 valence electrons. The molecule has 0 spiro atoms. The van der Waals surface area contributed by atoms with E-state index in [0.717, 1.165) is 37.8 Å². The van der Waals surface area contributed by atoms with Crippen molar-refractivity contribution in [1.82, 2.24) is 15.1 Å². The van der Waals surface area contributed by atoms with Gasteiger partial charge < -0.3 is 25.6 Å². The summed E-state index contributed by atoms with van der Waals surface area (Å²) >= 11 is 0. The minimum Gasteiger partial charge on any atom is -0.383 e. The predicted octanol–water partition coefficient (Wildman–Crippen LogP) is 2.34. The first-order valence-corrected chi connectivity index (χ1v) is 13.0. The highest BCUT2D eigenvalue weighted by Gasteiger charge is 2.38. The average Bonchev–Trinajstić information content (AvgIpc) is 2.87. The number of hydrogen-bond donors (Lipinski definition) is 2. The molecule has 0 bridgehead atoms. The number of nitrogens with two attached hydrogens (primary N) is 1. The van der Waals surface area contributed by atoms with Crippen molar-refractivity contribution in [2.45, 2.75) is 64.5 Å². The second-order valence-corrected chi connectivity index (χ2v) is 10.1. The summed E-state index contributed by atoms with van der Waals surface area (Å²) < 4.78 is 5.28. The number of likely N-dealkylation sites (tertiary alicyclic amines) is 1. The number of aryl methyl sites for hydroxylation is 1. The summed E-state index contributed by atoms with van der Waals surface area (Å²) in [4.78, 5) is 42.6. The van der Waals surface area contributed by atoms with E-state index in [9.17, 15) is 14.4 Å². The Balaban J connectivity index is 1.70. The Morgan fingerprint density at radius 1 is 1.14 bits per heavy atom. The van der Waals surface area contributed by atoms with E-state index in [4.69, 9.17) is 10.5 Å². The van der Waals surface area contributed by atoms with E-state index in [1.54, 1.807) is 12.0 Å². The van der Waals surface area contributed by atoms with Gasteiger partial charge in [-0.25, -0.2) is 0 Å². The van der Waals surface area contributed by atoms with Gasteiger partial charge in [0.2, 0.25) is 11.8 Å². The van der Waals surface area contributed by atoms with Gasteiger partial charge in [-0.15, -0.1) is 0 Å². The van der Waals surface area contributed by atoms with Crippen molar-refractivity contribution < 1.29 is 19.1 Å². The van der Waals surface area contributed by atoms with E-state index in [1.165, 1.54) is 6.92 Å². The van der Waals surface area contributed by atoms with Gasteiger partial charge in [-0.2, -0.15) is 0 Å². The van der Waals surface area contributed by atoms with Gasteiger partial charge in [-0.1, -0.05) is 17.7 Å². The number of ether oxygens (including phenoxy) is 1. The summed E-state index contributed by atoms with van der Waals surface area (Å²) in [5, 5.41) is 3.12. The molecular formula is C27H42N4O4. The van der Waals surface area contributed by atoms with Crippen LogP contribution in [-0.4, -0.2) is 79.5 Å². The molecular weight excluding hydrogens is 444 g/mol. The van der Waals surface area contributed by atoms with Crippen molar-refractivity contribution in [3.63, 3.8) is 0 Å². The second kappa shape index (κ2) is 13.0. The molecule has 1 saturated heterocycles. The lowest BCUT2D eigenvalue weighted by Crippen LogP contribution is -2.58. The molecule has 3 rings (SSSR count). The third-order valence-electron chi connectivity index (χ3n) is 7.65. The average molecular weight is 487 g/mol. The number of carbonyl (C=O) groups is 3. The molecule has 2 fully saturated rings. The normalized spacial score (nSPS) is 24.6. The Hall–Kier alpha value is -2.45. The van der Waals surface area contributed by atoms with Crippen LogP contribution in [0.1, 0.15) is 61.4 Å². The molecule has 35 heavy (non-hydrogen) atoms. The van der Waals surface area contributed by atoms with E-state index < -0.39 is 6.04 Å². The highest BCUT2D eigenvalue weighted by Crippen LogP contribution is 2.28. The maximum atomic E-state index is 13.5. The Morgan fingerprint density at radius 2 is 1.86 bits per heavy atom. The first-order valence-electron chi connectivity index (χ1n) is 13.0. The predicted molar refractivity (Wildman–Crippen MR) is 136 cm³/mol. The summed E-state index contributed by atoms with van der Waals surface area (Å²) in [7, 11) is 1.62. The molecule has 2 aliphatic rings. The van der Waals surface area contributed by atoms with Crippen LogP contribution >= 0.6 is 0 Å². The van der Waals surface area contributed by atoms with Gasteiger partial charge in [0.1, 0.15) is 6.04 Å². The molecule has 2 atom stereocenters. The first-order chi connectivity index (χ1) is 16.8. The monoisotopic (exact) mass is 486 g/mol. The topological polar surface area (TPSA) is 105 Å². The molecule has 8 nitrogen and oxygen atoms in total. The van der Waals surface area contributed by atoms with Crippen LogP contribution in [-0.2, 0) is 14.3 Å². The number of carbonyl (C=O) groups excluding carboxylic acids is 3. The van der Waals surface area contributed by atoms with Gasteiger partial charge in [0.15, 0.2) is 0 Å². The molecule has 1 heterocycles. The van der Waals surface area contributed by atoms with Crippen LogP contribution in [0.4, 0.5) is 0 Å². The van der Waals surface area contributed by atoms with E-state index in [2.05, 4.69) is 5.32 Å². The summed E-state index contributed by atoms with van der Waals surface area (Å²) in [6.45, 7) is 6.12. The Kier molecular flexibility index (Phi) is 10.1. The maximum Gasteiger partial charge on any atom is 0.254 e. The number of methoxy groups -OCH3 is 1. The fraction of sp³-hybridized carbons (Fsp3) is 0.667. The standard InChI is InChI=1S/C27H42N4O4/c1-19-5-4-6-23(15-19)27(34)31(13-14-35-3)24-11-12-30(20(2)32)25(16-24)26(33)29-18-22-9-7-21(17-28)8-10-22/h4-6,15,21-22,24-25H,7-14,16-18,28H2,1-3H3,(H,29,33)/t21?,22?,24?,25-/m1/s1. The van der Waals surface area contributed by atoms with Crippen molar-refractivity contribution in [3.8, 4) is 0 Å². The van der Waals surface area contributed by atoms with Gasteiger partial charge in [0.05, 0.1) is 6.61 Å². The largest absolute Gasteiger partial charge is 0.383 e. The number of hydrogen-bond acceptors (Lipinski definition) is 5. The van der Waals surface area contributed by atoms with Crippen molar-refractivity contribution in [3.05, 3.63) is 35.4 Å². The maximum absolute atomic E-state index is 13.5. The third-order valence-corrected chi connectivity index (χ3v) is 7.65. The van der Waals surface area contributed by atoms with Gasteiger partial charge in [-0.05, 0) is 76.0 Å². The number of rotatable bonds is 9. The molecule has 0 aromatic heterocycles. The van der Waals surface area contributed by atoms with Gasteiger partial charge in [0, 0.05) is 45.3 Å². The minimum atomic E-state index is -0.581. The molecule has 3 amide bonds. The highest BCUT2D eigenvalue weighted by molar-refractivity contribution is 5.95. The number of nitrogens with zero attached hydrogens (tertiary/aromatic N) is 2. The molecule has 1 aliphatic heterocycles. The number of piperidine rings is 1. The minimum absolute atomic E-state index is 0.0668. The van der Waals surface area contributed by atoms with Crippen molar-refractivity contribution in [1.29, 1.82) is 0 Å². The van der Waals surface area contributed by atoms with E-state index in [-0.39, 0.29) is 23.8 Å². The highest BCUT2D eigenvalue weighted by atomic mass is 16.5. The lowest BCUT2D eigenvalue weighted by molar-refractivity contribution is -0.142. The summed E-state index contributed by atoms with van der Waals surface area (Å²) in [6, 6.07) is 6.82. The first kappa shape index (κ1) is 27.1. The van der Waals surface area contributed by atoms with Crippen LogP contribution in [0.5, 0.6) is 0 Å². The van der Waals surface area contributed by atoms with Crippen LogP contribution in [0, 0.1) is 18.8 Å². The second-order valence-electron chi connectivity index (χ2n) is 10.1. The number of benzene rings is 1. The molecule has 0 radical (unpaired) electrons. The van der Waals surface area contributed by atoms with Crippen LogP contribution in [0.2, 0.25) is 0 Å². The molecule has 8 heteroatoms. The van der Waals surface area contributed by atoms with E-state index >= 15 is 0 Å². The van der Waals surface area contributed by atoms with Crippen molar-refractivity contribution in [2.75, 3.05) is 39.9 Å². The fourth-order valence-electron chi connectivity index (χ4n) is 5.47. The Morgan fingerprint density at radius 3 is 2.49 bits per heavy atom. The summed E-state index contributed by atoms with van der Waals surface area (Å²) in [6.07, 6.45) is 5.42. The molecule has 1 aromatic carbocycles. The SMILES string of the molecule is COCCN(C(=O)c1cccc(C)c1)C1CCN(C(C)=O)[C@@H](C(=O)NCC2CCC(CN)CC2)C1. The van der Waals surface area contributed by atoms with Gasteiger partial charge >= 0.3 is 0 Å². The number of nitrogens with one attached hydrogen (secondary N) is 1. The zero-order valence-corrected chi connectivity index (χ0v) is 21.5. The van der Waals surface area contributed by atoms with Crippen molar-refractivity contribution in [2.24, 2.45) is 17.6 Å². The van der Waals surface area contributed by atoms with Crippen LogP contribution in [0.3, 0.4) is 0 Å². The summed E-state index contributed by atoms with van der Waals surface area (Å²) in [5.74, 6) is 0.746. The molecule has 1 aliphatic carbocycles. The lowest BCUT2D eigenvalue weighted by Gasteiger charge is -2.42. The molecule has 1 aromatic rings. The van der Waals surface area contributed by atoms with Crippen LogP contribution in [0.25, 0.3) is 0 Å². The fourth-order valence-corrected chi connectivity index (χ4v) is 5.47. The van der Waals surface area contributed by atoms with Crippen LogP contribution in [0.15, 0.2) is 24.3 Å². The lowest BCUT2D eigenvalue weighted by atomic mass is 9.82. The van der Waals surface area contributed by atoms with Gasteiger partial charge in [-0.3, -0.25) is 14.4 Å². The van der Waals surface area contributed by atoms with E-state index in [1.807, 2.05) is 36.1 Å². The summed E-state index contributed by atoms with van der Waals surface area (Å²) in [5.41, 5.74) is 7.45. The molecule has 1 unspecified atom stereocenters. The molecule has 3 N–H and O–H groups in total. The van der Waals surface area contributed by atoms with Crippen molar-refractivity contribution >= 4 is 17.7 Å². The van der Waals surface area contributed by atoms with E-state index in [0.29, 0.717) is 56.5 Å². The zero-order valence-electron chi connectivity index (χ0n) is 21.5. The smallest absolute Gasteiger partial charge is 0.254 e. The quantitative estimate of drug-likeness (QED) is 0.558.